The van der Waals surface area contributed by atoms with Gasteiger partial charge in [-0.05, 0) is 44.4 Å². The number of carbonyl (C=O) groups excluding carboxylic acids is 1. The second-order valence-electron chi connectivity index (χ2n) is 5.12. The molecule has 3 heteroatoms. The number of rotatable bonds is 4. The summed E-state index contributed by atoms with van der Waals surface area (Å²) < 4.78 is 5.47. The quantitative estimate of drug-likeness (QED) is 0.567. The van der Waals surface area contributed by atoms with Crippen molar-refractivity contribution in [3.05, 3.63) is 24.6 Å². The second kappa shape index (κ2) is 7.04. The molecule has 0 aromatic heterocycles. The number of ether oxygens (including phenoxy) is 1. The number of terminal acetylenes is 1. The van der Waals surface area contributed by atoms with Crippen LogP contribution in [0.15, 0.2) is 24.6 Å². The maximum Gasteiger partial charge on any atom is 0.418 e. The zero-order valence-electron chi connectivity index (χ0n) is 11.3. The summed E-state index contributed by atoms with van der Waals surface area (Å²) in [7, 11) is 0. The van der Waals surface area contributed by atoms with Gasteiger partial charge in [-0.3, -0.25) is 4.90 Å². The van der Waals surface area contributed by atoms with Crippen LogP contribution >= 0.6 is 0 Å². The summed E-state index contributed by atoms with van der Waals surface area (Å²) in [6.45, 7) is 0. The van der Waals surface area contributed by atoms with Crippen LogP contribution in [-0.4, -0.2) is 17.1 Å². The van der Waals surface area contributed by atoms with E-state index in [1.165, 1.54) is 4.90 Å². The molecule has 0 spiro atoms. The minimum Gasteiger partial charge on any atom is -0.445 e. The predicted octanol–water partition coefficient (Wildman–Crippen LogP) is 3.83. The Morgan fingerprint density at radius 2 is 2.11 bits per heavy atom. The van der Waals surface area contributed by atoms with Crippen LogP contribution in [0.2, 0.25) is 0 Å². The van der Waals surface area contributed by atoms with Crippen LogP contribution in [0.3, 0.4) is 0 Å². The number of hydrogen-bond acceptors (Lipinski definition) is 2. The van der Waals surface area contributed by atoms with Crippen LogP contribution in [0.1, 0.15) is 44.9 Å². The lowest BCUT2D eigenvalue weighted by Crippen LogP contribution is -2.22. The molecule has 1 aliphatic carbocycles. The first kappa shape index (κ1) is 13.7. The highest BCUT2D eigenvalue weighted by atomic mass is 16.6. The Hall–Kier alpha value is -1.69. The standard InChI is InChI=1S/C16H21NO2/c1-2-3-7-10-14-13-15(14)19-16(18)17-11-8-5-4-6-9-12-17/h1,8-9,11-12,14-15H,3-7,10,13H2. The maximum absolute atomic E-state index is 12.0. The highest BCUT2D eigenvalue weighted by molar-refractivity contribution is 5.70. The Kier molecular flexibility index (Phi) is 5.09. The largest absolute Gasteiger partial charge is 0.445 e. The molecule has 3 nitrogen and oxygen atoms in total. The summed E-state index contributed by atoms with van der Waals surface area (Å²) in [4.78, 5) is 13.5. The van der Waals surface area contributed by atoms with Crippen molar-refractivity contribution < 1.29 is 9.53 Å². The fraction of sp³-hybridized carbons (Fsp3) is 0.562. The topological polar surface area (TPSA) is 29.5 Å². The Labute approximate surface area is 115 Å². The third-order valence-corrected chi connectivity index (χ3v) is 3.49. The number of amides is 1. The highest BCUT2D eigenvalue weighted by Gasteiger charge is 2.40. The van der Waals surface area contributed by atoms with Crippen molar-refractivity contribution >= 4 is 6.09 Å². The summed E-state index contributed by atoms with van der Waals surface area (Å²) in [6.07, 6.45) is 19.7. The van der Waals surface area contributed by atoms with Crippen LogP contribution in [0.25, 0.3) is 0 Å². The molecule has 102 valence electrons. The van der Waals surface area contributed by atoms with Gasteiger partial charge in [-0.2, -0.15) is 0 Å². The van der Waals surface area contributed by atoms with Crippen molar-refractivity contribution in [1.29, 1.82) is 0 Å². The van der Waals surface area contributed by atoms with E-state index in [2.05, 4.69) is 5.92 Å². The number of allylic oxidation sites excluding steroid dienone is 2. The van der Waals surface area contributed by atoms with E-state index in [0.29, 0.717) is 5.92 Å². The van der Waals surface area contributed by atoms with Gasteiger partial charge in [-0.1, -0.05) is 12.2 Å². The van der Waals surface area contributed by atoms with E-state index in [-0.39, 0.29) is 12.2 Å². The number of unbranched alkanes of at least 4 members (excludes halogenated alkanes) is 1. The number of carbonyl (C=O) groups is 1. The molecule has 1 amide bonds. The second-order valence-corrected chi connectivity index (χ2v) is 5.12. The monoisotopic (exact) mass is 259 g/mol. The maximum atomic E-state index is 12.0. The van der Waals surface area contributed by atoms with Gasteiger partial charge in [0.05, 0.1) is 0 Å². The molecule has 0 aromatic rings. The van der Waals surface area contributed by atoms with Gasteiger partial charge in [0.25, 0.3) is 0 Å². The lowest BCUT2D eigenvalue weighted by atomic mass is 10.2. The molecule has 2 unspecified atom stereocenters. The van der Waals surface area contributed by atoms with Crippen LogP contribution < -0.4 is 0 Å². The van der Waals surface area contributed by atoms with E-state index >= 15 is 0 Å². The average molecular weight is 259 g/mol. The molecule has 2 atom stereocenters. The van der Waals surface area contributed by atoms with Crippen molar-refractivity contribution in [3.63, 3.8) is 0 Å². The summed E-state index contributed by atoms with van der Waals surface area (Å²) in [5, 5.41) is 0. The molecule has 1 heterocycles. The smallest absolute Gasteiger partial charge is 0.418 e. The molecule has 0 bridgehead atoms. The molecule has 1 saturated carbocycles. The van der Waals surface area contributed by atoms with E-state index in [4.69, 9.17) is 11.2 Å². The van der Waals surface area contributed by atoms with Crippen LogP contribution in [0.5, 0.6) is 0 Å². The van der Waals surface area contributed by atoms with Crippen molar-refractivity contribution in [2.45, 2.75) is 51.0 Å². The Morgan fingerprint density at radius 1 is 1.37 bits per heavy atom. The first-order valence-electron chi connectivity index (χ1n) is 7.07. The van der Waals surface area contributed by atoms with E-state index in [0.717, 1.165) is 44.9 Å². The minimum atomic E-state index is -0.265. The predicted molar refractivity (Wildman–Crippen MR) is 75.0 cm³/mol. The molecule has 0 N–H and O–H groups in total. The average Bonchev–Trinajstić information content (AvgIpc) is 3.07. The molecular weight excluding hydrogens is 238 g/mol. The summed E-state index contributed by atoms with van der Waals surface area (Å²) in [5.41, 5.74) is 0. The summed E-state index contributed by atoms with van der Waals surface area (Å²) >= 11 is 0. The molecule has 0 saturated heterocycles. The molecule has 2 aliphatic rings. The van der Waals surface area contributed by atoms with E-state index < -0.39 is 0 Å². The van der Waals surface area contributed by atoms with Gasteiger partial charge in [-0.15, -0.1) is 12.3 Å². The molecular formula is C16H21NO2. The molecule has 1 fully saturated rings. The molecule has 1 aliphatic heterocycles. The fourth-order valence-electron chi connectivity index (χ4n) is 2.23. The van der Waals surface area contributed by atoms with Crippen molar-refractivity contribution in [2.75, 3.05) is 0 Å². The zero-order chi connectivity index (χ0) is 13.5. The number of hydrogen-bond donors (Lipinski definition) is 0. The Bertz CT molecular complexity index is 391. The first-order valence-corrected chi connectivity index (χ1v) is 7.07. The van der Waals surface area contributed by atoms with E-state index in [9.17, 15) is 4.79 Å². The fourth-order valence-corrected chi connectivity index (χ4v) is 2.23. The summed E-state index contributed by atoms with van der Waals surface area (Å²) in [6, 6.07) is 0. The van der Waals surface area contributed by atoms with Gasteiger partial charge < -0.3 is 4.74 Å². The molecule has 2 rings (SSSR count). The van der Waals surface area contributed by atoms with Gasteiger partial charge in [0.2, 0.25) is 0 Å². The van der Waals surface area contributed by atoms with Crippen molar-refractivity contribution in [2.24, 2.45) is 5.92 Å². The van der Waals surface area contributed by atoms with Gasteiger partial charge in [0.1, 0.15) is 6.10 Å². The molecule has 0 radical (unpaired) electrons. The summed E-state index contributed by atoms with van der Waals surface area (Å²) in [5.74, 6) is 3.15. The molecule has 0 aromatic carbocycles. The van der Waals surface area contributed by atoms with Gasteiger partial charge in [0.15, 0.2) is 0 Å². The van der Waals surface area contributed by atoms with Crippen molar-refractivity contribution in [3.8, 4) is 12.3 Å². The van der Waals surface area contributed by atoms with Crippen molar-refractivity contribution in [1.82, 2.24) is 4.90 Å². The van der Waals surface area contributed by atoms with Crippen LogP contribution in [-0.2, 0) is 4.74 Å². The molecule has 19 heavy (non-hydrogen) atoms. The van der Waals surface area contributed by atoms with Gasteiger partial charge in [0, 0.05) is 18.8 Å². The normalized spacial score (nSPS) is 25.3. The van der Waals surface area contributed by atoms with E-state index in [1.807, 2.05) is 12.2 Å². The first-order chi connectivity index (χ1) is 9.31. The lowest BCUT2D eigenvalue weighted by Gasteiger charge is -2.15. The lowest BCUT2D eigenvalue weighted by molar-refractivity contribution is 0.114. The highest BCUT2D eigenvalue weighted by Crippen LogP contribution is 2.38. The third kappa shape index (κ3) is 4.48. The Morgan fingerprint density at radius 3 is 2.79 bits per heavy atom. The minimum absolute atomic E-state index is 0.0949. The third-order valence-electron chi connectivity index (χ3n) is 3.49. The van der Waals surface area contributed by atoms with Gasteiger partial charge in [-0.25, -0.2) is 4.79 Å². The van der Waals surface area contributed by atoms with E-state index in [1.54, 1.807) is 12.4 Å². The SMILES string of the molecule is C#CCCCC1CC1OC(=O)N1C=CCCCC=C1. The number of nitrogens with zero attached hydrogens (tertiary/aromatic N) is 1. The zero-order valence-corrected chi connectivity index (χ0v) is 11.3. The Balaban J connectivity index is 1.73. The van der Waals surface area contributed by atoms with Crippen LogP contribution in [0, 0.1) is 18.3 Å². The van der Waals surface area contributed by atoms with Crippen LogP contribution in [0.4, 0.5) is 4.79 Å². The van der Waals surface area contributed by atoms with Gasteiger partial charge >= 0.3 is 6.09 Å².